The molecule has 0 aliphatic carbocycles. The molecule has 0 bridgehead atoms. The zero-order chi connectivity index (χ0) is 24.5. The second-order valence-corrected chi connectivity index (χ2v) is 8.70. The number of aromatic nitrogens is 1. The monoisotopic (exact) mass is 490 g/mol. The Morgan fingerprint density at radius 2 is 1.69 bits per heavy atom. The minimum absolute atomic E-state index is 0.281. The lowest BCUT2D eigenvalue weighted by molar-refractivity contribution is -0.111. The number of anilines is 1. The van der Waals surface area contributed by atoms with Crippen LogP contribution in [0.25, 0.3) is 50.7 Å². The maximum absolute atomic E-state index is 12.5. The first kappa shape index (κ1) is 21.9. The first-order chi connectivity index (χ1) is 17.6. The lowest BCUT2D eigenvalue weighted by atomic mass is 10.0. The van der Waals surface area contributed by atoms with Crippen LogP contribution in [0.3, 0.4) is 0 Å². The van der Waals surface area contributed by atoms with Gasteiger partial charge in [0.25, 0.3) is 0 Å². The van der Waals surface area contributed by atoms with E-state index in [-0.39, 0.29) is 5.91 Å². The number of hydrogen-bond donors (Lipinski definition) is 1. The Hall–Kier alpha value is -4.61. The number of carbonyl (C=O) groups excluding carboxylic acids is 1. The summed E-state index contributed by atoms with van der Waals surface area (Å²) in [5.41, 5.74) is 3.77. The molecule has 2 aromatic heterocycles. The quantitative estimate of drug-likeness (QED) is 0.247. The van der Waals surface area contributed by atoms with Crippen LogP contribution in [0.15, 0.2) is 112 Å². The van der Waals surface area contributed by atoms with E-state index in [1.807, 2.05) is 48.5 Å². The fourth-order valence-electron chi connectivity index (χ4n) is 4.09. The van der Waals surface area contributed by atoms with Crippen LogP contribution in [0, 0.1) is 0 Å². The number of furan rings is 1. The molecule has 2 heterocycles. The standard InChI is InChI=1S/C30H19ClN2O3/c31-21-10-8-20(9-11-21)27-16-13-23(35-27)14-17-29(34)32-22-12-15-28-26(18-22)33-30(36-28)25-7-3-5-19-4-1-2-6-24(19)25/h1-18H,(H,32,34)/b17-14+. The molecule has 4 aromatic carbocycles. The predicted octanol–water partition coefficient (Wildman–Crippen LogP) is 8.21. The number of hydrogen-bond acceptors (Lipinski definition) is 4. The van der Waals surface area contributed by atoms with E-state index in [1.165, 1.54) is 6.08 Å². The van der Waals surface area contributed by atoms with E-state index >= 15 is 0 Å². The molecule has 174 valence electrons. The molecule has 36 heavy (non-hydrogen) atoms. The smallest absolute Gasteiger partial charge is 0.248 e. The fraction of sp³-hybridized carbons (Fsp3) is 0. The van der Waals surface area contributed by atoms with Gasteiger partial charge in [-0.15, -0.1) is 0 Å². The summed E-state index contributed by atoms with van der Waals surface area (Å²) in [5.74, 6) is 1.53. The van der Waals surface area contributed by atoms with Gasteiger partial charge in [-0.05, 0) is 77.5 Å². The maximum Gasteiger partial charge on any atom is 0.248 e. The van der Waals surface area contributed by atoms with E-state index < -0.39 is 0 Å². The molecule has 0 saturated carbocycles. The molecule has 0 saturated heterocycles. The van der Waals surface area contributed by atoms with Crippen LogP contribution in [0.4, 0.5) is 5.69 Å². The van der Waals surface area contributed by atoms with Crippen molar-refractivity contribution >= 4 is 51.1 Å². The zero-order valence-electron chi connectivity index (χ0n) is 18.9. The third-order valence-corrected chi connectivity index (χ3v) is 6.08. The first-order valence-electron chi connectivity index (χ1n) is 11.4. The summed E-state index contributed by atoms with van der Waals surface area (Å²) in [5, 5.41) is 5.72. The van der Waals surface area contributed by atoms with Gasteiger partial charge < -0.3 is 14.2 Å². The molecular formula is C30H19ClN2O3. The molecule has 0 radical (unpaired) electrons. The van der Waals surface area contributed by atoms with Gasteiger partial charge in [0.15, 0.2) is 5.58 Å². The minimum atomic E-state index is -0.281. The largest absolute Gasteiger partial charge is 0.457 e. The second kappa shape index (κ2) is 9.21. The van der Waals surface area contributed by atoms with Crippen LogP contribution in [0.5, 0.6) is 0 Å². The zero-order valence-corrected chi connectivity index (χ0v) is 19.7. The number of nitrogens with one attached hydrogen (secondary N) is 1. The van der Waals surface area contributed by atoms with Crippen molar-refractivity contribution in [1.82, 2.24) is 4.98 Å². The molecule has 0 fully saturated rings. The van der Waals surface area contributed by atoms with Crippen LogP contribution in [-0.4, -0.2) is 10.9 Å². The van der Waals surface area contributed by atoms with Crippen molar-refractivity contribution in [2.24, 2.45) is 0 Å². The van der Waals surface area contributed by atoms with E-state index in [4.69, 9.17) is 20.4 Å². The second-order valence-electron chi connectivity index (χ2n) is 8.26. The van der Waals surface area contributed by atoms with Gasteiger partial charge in [0.05, 0.1) is 0 Å². The highest BCUT2D eigenvalue weighted by atomic mass is 35.5. The van der Waals surface area contributed by atoms with Crippen molar-refractivity contribution in [3.05, 3.63) is 114 Å². The van der Waals surface area contributed by atoms with E-state index in [0.29, 0.717) is 39.2 Å². The van der Waals surface area contributed by atoms with E-state index in [1.54, 1.807) is 36.4 Å². The van der Waals surface area contributed by atoms with Gasteiger partial charge in [0.1, 0.15) is 17.0 Å². The molecule has 0 unspecified atom stereocenters. The molecule has 6 heteroatoms. The highest BCUT2D eigenvalue weighted by molar-refractivity contribution is 6.30. The van der Waals surface area contributed by atoms with Crippen molar-refractivity contribution in [2.45, 2.75) is 0 Å². The SMILES string of the molecule is O=C(/C=C/c1ccc(-c2ccc(Cl)cc2)o1)Nc1ccc2oc(-c3cccc4ccccc34)nc2c1. The maximum atomic E-state index is 12.5. The van der Waals surface area contributed by atoms with E-state index in [9.17, 15) is 4.79 Å². The minimum Gasteiger partial charge on any atom is -0.457 e. The Bertz CT molecular complexity index is 1740. The van der Waals surface area contributed by atoms with Crippen molar-refractivity contribution in [3.8, 4) is 22.8 Å². The van der Waals surface area contributed by atoms with Gasteiger partial charge in [0, 0.05) is 27.9 Å². The molecule has 0 atom stereocenters. The molecular weight excluding hydrogens is 472 g/mol. The lowest BCUT2D eigenvalue weighted by Gasteiger charge is -2.01. The molecule has 0 spiro atoms. The average molecular weight is 491 g/mol. The van der Waals surface area contributed by atoms with Gasteiger partial charge in [-0.25, -0.2) is 4.98 Å². The van der Waals surface area contributed by atoms with Crippen molar-refractivity contribution in [3.63, 3.8) is 0 Å². The van der Waals surface area contributed by atoms with Crippen molar-refractivity contribution < 1.29 is 13.6 Å². The van der Waals surface area contributed by atoms with Crippen molar-refractivity contribution in [2.75, 3.05) is 5.32 Å². The van der Waals surface area contributed by atoms with Gasteiger partial charge >= 0.3 is 0 Å². The third-order valence-electron chi connectivity index (χ3n) is 5.83. The van der Waals surface area contributed by atoms with Gasteiger partial charge in [-0.1, -0.05) is 48.0 Å². The number of rotatable bonds is 5. The Morgan fingerprint density at radius 1 is 0.861 bits per heavy atom. The third kappa shape index (κ3) is 4.40. The molecule has 5 nitrogen and oxygen atoms in total. The molecule has 6 aromatic rings. The van der Waals surface area contributed by atoms with Crippen LogP contribution in [0.2, 0.25) is 5.02 Å². The first-order valence-corrected chi connectivity index (χ1v) is 11.7. The van der Waals surface area contributed by atoms with Crippen LogP contribution >= 0.6 is 11.6 Å². The molecule has 1 N–H and O–H groups in total. The van der Waals surface area contributed by atoms with Crippen LogP contribution in [0.1, 0.15) is 5.76 Å². The summed E-state index contributed by atoms with van der Waals surface area (Å²) in [7, 11) is 0. The fourth-order valence-corrected chi connectivity index (χ4v) is 4.21. The van der Waals surface area contributed by atoms with E-state index in [2.05, 4.69) is 28.5 Å². The summed E-state index contributed by atoms with van der Waals surface area (Å²) in [6.07, 6.45) is 3.06. The Labute approximate surface area is 211 Å². The molecule has 0 aliphatic heterocycles. The summed E-state index contributed by atoms with van der Waals surface area (Å²) in [4.78, 5) is 17.2. The molecule has 1 amide bonds. The van der Waals surface area contributed by atoms with Gasteiger partial charge in [-0.3, -0.25) is 4.79 Å². The lowest BCUT2D eigenvalue weighted by Crippen LogP contribution is -2.07. The molecule has 6 rings (SSSR count). The number of nitrogens with zero attached hydrogens (tertiary/aromatic N) is 1. The number of amides is 1. The van der Waals surface area contributed by atoms with Crippen LogP contribution in [-0.2, 0) is 4.79 Å². The van der Waals surface area contributed by atoms with Crippen molar-refractivity contribution in [1.29, 1.82) is 0 Å². The number of fused-ring (bicyclic) bond motifs is 2. The number of carbonyl (C=O) groups is 1. The van der Waals surface area contributed by atoms with Gasteiger partial charge in [-0.2, -0.15) is 0 Å². The average Bonchev–Trinajstić information content (AvgIpc) is 3.55. The Kier molecular flexibility index (Phi) is 5.60. The number of benzene rings is 4. The number of oxazole rings is 1. The summed E-state index contributed by atoms with van der Waals surface area (Å²) < 4.78 is 11.8. The predicted molar refractivity (Wildman–Crippen MR) is 144 cm³/mol. The summed E-state index contributed by atoms with van der Waals surface area (Å²) in [6, 6.07) is 30.6. The van der Waals surface area contributed by atoms with Gasteiger partial charge in [0.2, 0.25) is 11.8 Å². The van der Waals surface area contributed by atoms with Crippen LogP contribution < -0.4 is 5.32 Å². The highest BCUT2D eigenvalue weighted by Crippen LogP contribution is 2.31. The summed E-state index contributed by atoms with van der Waals surface area (Å²) in [6.45, 7) is 0. The topological polar surface area (TPSA) is 68.3 Å². The Morgan fingerprint density at radius 3 is 2.58 bits per heavy atom. The summed E-state index contributed by atoms with van der Waals surface area (Å²) >= 11 is 5.94. The highest BCUT2D eigenvalue weighted by Gasteiger charge is 2.12. The Balaban J connectivity index is 1.18. The number of halogens is 1. The normalized spacial score (nSPS) is 11.5. The van der Waals surface area contributed by atoms with E-state index in [0.717, 1.165) is 21.9 Å². The molecule has 0 aliphatic rings.